The summed E-state index contributed by atoms with van der Waals surface area (Å²) in [5.74, 6) is -0.138. The Labute approximate surface area is 167 Å². The molecule has 2 aromatic rings. The molecule has 0 spiro atoms. The van der Waals surface area contributed by atoms with Gasteiger partial charge in [0.25, 0.3) is 11.1 Å². The fraction of sp³-hybridized carbons (Fsp3) is 0.190. The first-order chi connectivity index (χ1) is 13.6. The summed E-state index contributed by atoms with van der Waals surface area (Å²) < 4.78 is 5.53. The molecule has 1 N–H and O–H groups in total. The first-order valence-corrected chi connectivity index (χ1v) is 9.71. The van der Waals surface area contributed by atoms with Crippen LogP contribution in [0, 0.1) is 0 Å². The number of imide groups is 1. The number of hydrogen-bond donors (Lipinski definition) is 1. The molecule has 0 bridgehead atoms. The van der Waals surface area contributed by atoms with Gasteiger partial charge in [0.1, 0.15) is 12.3 Å². The van der Waals surface area contributed by atoms with Crippen LogP contribution in [0.3, 0.4) is 0 Å². The highest BCUT2D eigenvalue weighted by atomic mass is 32.2. The summed E-state index contributed by atoms with van der Waals surface area (Å²) in [6, 6.07) is 16.2. The van der Waals surface area contributed by atoms with Crippen LogP contribution in [0.4, 0.5) is 10.5 Å². The number of thioether (sulfide) groups is 1. The molecule has 0 radical (unpaired) electrons. The Balaban J connectivity index is 1.64. The van der Waals surface area contributed by atoms with Crippen molar-refractivity contribution in [1.82, 2.24) is 4.90 Å². The fourth-order valence-corrected chi connectivity index (χ4v) is 3.37. The van der Waals surface area contributed by atoms with Crippen LogP contribution in [-0.4, -0.2) is 35.1 Å². The number of amides is 3. The summed E-state index contributed by atoms with van der Waals surface area (Å²) in [6.45, 7) is 2.36. The molecule has 0 saturated carbocycles. The molecule has 28 heavy (non-hydrogen) atoms. The van der Waals surface area contributed by atoms with Gasteiger partial charge in [-0.2, -0.15) is 0 Å². The lowest BCUT2D eigenvalue weighted by Gasteiger charge is -2.12. The normalized spacial score (nSPS) is 15.2. The van der Waals surface area contributed by atoms with Crippen molar-refractivity contribution in [3.63, 3.8) is 0 Å². The minimum Gasteiger partial charge on any atom is -0.494 e. The van der Waals surface area contributed by atoms with Crippen molar-refractivity contribution in [2.75, 3.05) is 18.5 Å². The highest BCUT2D eigenvalue weighted by molar-refractivity contribution is 8.18. The Bertz CT molecular complexity index is 894. The Morgan fingerprint density at radius 2 is 1.82 bits per heavy atom. The molecule has 144 valence electrons. The van der Waals surface area contributed by atoms with E-state index in [0.29, 0.717) is 17.2 Å². The third-order valence-corrected chi connectivity index (χ3v) is 4.79. The molecule has 1 saturated heterocycles. The lowest BCUT2D eigenvalue weighted by atomic mass is 10.2. The number of carbonyl (C=O) groups is 3. The second-order valence-corrected chi connectivity index (χ2v) is 7.09. The molecule has 2 aromatic carbocycles. The molecule has 0 atom stereocenters. The zero-order valence-electron chi connectivity index (χ0n) is 15.4. The van der Waals surface area contributed by atoms with Crippen LogP contribution in [0.2, 0.25) is 0 Å². The Morgan fingerprint density at radius 3 is 2.50 bits per heavy atom. The van der Waals surface area contributed by atoms with Gasteiger partial charge in [-0.05, 0) is 54.1 Å². The highest BCUT2D eigenvalue weighted by Gasteiger charge is 2.36. The lowest BCUT2D eigenvalue weighted by Crippen LogP contribution is -2.36. The first-order valence-electron chi connectivity index (χ1n) is 8.90. The van der Waals surface area contributed by atoms with E-state index in [1.807, 2.05) is 37.3 Å². The third kappa shape index (κ3) is 5.01. The maximum atomic E-state index is 12.5. The maximum absolute atomic E-state index is 12.5. The van der Waals surface area contributed by atoms with Crippen LogP contribution in [0.15, 0.2) is 59.5 Å². The van der Waals surface area contributed by atoms with Gasteiger partial charge in [0, 0.05) is 5.69 Å². The lowest BCUT2D eigenvalue weighted by molar-refractivity contribution is -0.127. The minimum absolute atomic E-state index is 0.291. The SMILES string of the molecule is CCCOc1ccc(/C=C2\SC(=O)N(CC(=O)Nc3ccccc3)C2=O)cc1. The largest absolute Gasteiger partial charge is 0.494 e. The van der Waals surface area contributed by atoms with Crippen molar-refractivity contribution in [1.29, 1.82) is 0 Å². The van der Waals surface area contributed by atoms with Crippen LogP contribution < -0.4 is 10.1 Å². The summed E-state index contributed by atoms with van der Waals surface area (Å²) in [5, 5.41) is 2.21. The van der Waals surface area contributed by atoms with Crippen molar-refractivity contribution in [2.24, 2.45) is 0 Å². The third-order valence-electron chi connectivity index (χ3n) is 3.88. The van der Waals surface area contributed by atoms with Gasteiger partial charge in [-0.15, -0.1) is 0 Å². The predicted octanol–water partition coefficient (Wildman–Crippen LogP) is 4.15. The van der Waals surface area contributed by atoms with Crippen molar-refractivity contribution in [2.45, 2.75) is 13.3 Å². The fourth-order valence-electron chi connectivity index (χ4n) is 2.53. The molecule has 1 fully saturated rings. The number of hydrogen-bond acceptors (Lipinski definition) is 5. The minimum atomic E-state index is -0.468. The second kappa shape index (κ2) is 9.23. The van der Waals surface area contributed by atoms with E-state index in [1.54, 1.807) is 30.3 Å². The molecule has 0 aromatic heterocycles. The van der Waals surface area contributed by atoms with Crippen molar-refractivity contribution >= 4 is 40.6 Å². The van der Waals surface area contributed by atoms with E-state index in [1.165, 1.54) is 0 Å². The number of nitrogens with one attached hydrogen (secondary N) is 1. The highest BCUT2D eigenvalue weighted by Crippen LogP contribution is 2.32. The molecular formula is C21H20N2O4S. The summed E-state index contributed by atoms with van der Waals surface area (Å²) in [6.07, 6.45) is 2.57. The predicted molar refractivity (Wildman–Crippen MR) is 110 cm³/mol. The quantitative estimate of drug-likeness (QED) is 0.712. The van der Waals surface area contributed by atoms with Crippen LogP contribution in [-0.2, 0) is 9.59 Å². The molecule has 1 heterocycles. The molecule has 6 nitrogen and oxygen atoms in total. The zero-order valence-corrected chi connectivity index (χ0v) is 16.2. The van der Waals surface area contributed by atoms with E-state index >= 15 is 0 Å². The second-order valence-electron chi connectivity index (χ2n) is 6.10. The molecule has 0 unspecified atom stereocenters. The monoisotopic (exact) mass is 396 g/mol. The molecule has 3 rings (SSSR count). The summed E-state index contributed by atoms with van der Waals surface area (Å²) in [5.41, 5.74) is 1.39. The summed E-state index contributed by atoms with van der Waals surface area (Å²) in [4.78, 5) is 38.1. The van der Waals surface area contributed by atoms with Gasteiger partial charge in [-0.3, -0.25) is 19.3 Å². The first kappa shape index (κ1) is 19.7. The van der Waals surface area contributed by atoms with E-state index in [4.69, 9.17) is 4.74 Å². The van der Waals surface area contributed by atoms with Crippen LogP contribution >= 0.6 is 11.8 Å². The average Bonchev–Trinajstić information content (AvgIpc) is 2.95. The van der Waals surface area contributed by atoms with Crippen LogP contribution in [0.25, 0.3) is 6.08 Å². The number of ether oxygens (including phenoxy) is 1. The van der Waals surface area contributed by atoms with Gasteiger partial charge >= 0.3 is 0 Å². The van der Waals surface area contributed by atoms with E-state index < -0.39 is 17.1 Å². The van der Waals surface area contributed by atoms with E-state index in [9.17, 15) is 14.4 Å². The Morgan fingerprint density at radius 1 is 1.11 bits per heavy atom. The molecule has 7 heteroatoms. The smallest absolute Gasteiger partial charge is 0.294 e. The van der Waals surface area contributed by atoms with Gasteiger partial charge < -0.3 is 10.1 Å². The molecule has 1 aliphatic heterocycles. The van der Waals surface area contributed by atoms with Crippen molar-refractivity contribution < 1.29 is 19.1 Å². The number of rotatable bonds is 7. The number of nitrogens with zero attached hydrogens (tertiary/aromatic N) is 1. The standard InChI is InChI=1S/C21H20N2O4S/c1-2-12-27-17-10-8-15(9-11-17)13-18-20(25)23(21(26)28-18)14-19(24)22-16-6-4-3-5-7-16/h3-11,13H,2,12,14H2,1H3,(H,22,24)/b18-13-. The molecule has 0 aliphatic carbocycles. The van der Waals surface area contributed by atoms with Gasteiger partial charge in [0.05, 0.1) is 11.5 Å². The Hall–Kier alpha value is -3.06. The summed E-state index contributed by atoms with van der Waals surface area (Å²) >= 11 is 0.830. The number of anilines is 1. The maximum Gasteiger partial charge on any atom is 0.294 e. The van der Waals surface area contributed by atoms with Crippen molar-refractivity contribution in [3.8, 4) is 5.75 Å². The Kier molecular flexibility index (Phi) is 6.49. The number of carbonyl (C=O) groups excluding carboxylic acids is 3. The molecule has 1 aliphatic rings. The van der Waals surface area contributed by atoms with E-state index in [0.717, 1.165) is 34.4 Å². The van der Waals surface area contributed by atoms with Gasteiger partial charge in [0.2, 0.25) is 5.91 Å². The summed E-state index contributed by atoms with van der Waals surface area (Å²) in [7, 11) is 0. The van der Waals surface area contributed by atoms with Gasteiger partial charge in [-0.1, -0.05) is 37.3 Å². The van der Waals surface area contributed by atoms with E-state index in [-0.39, 0.29) is 6.54 Å². The molecule has 3 amide bonds. The number of benzene rings is 2. The van der Waals surface area contributed by atoms with E-state index in [2.05, 4.69) is 5.32 Å². The average molecular weight is 396 g/mol. The van der Waals surface area contributed by atoms with Gasteiger partial charge in [0.15, 0.2) is 0 Å². The zero-order chi connectivity index (χ0) is 19.9. The van der Waals surface area contributed by atoms with Crippen LogP contribution in [0.1, 0.15) is 18.9 Å². The number of para-hydroxylation sites is 1. The van der Waals surface area contributed by atoms with Crippen LogP contribution in [0.5, 0.6) is 5.75 Å². The molecular weight excluding hydrogens is 376 g/mol. The topological polar surface area (TPSA) is 75.7 Å². The van der Waals surface area contributed by atoms with Crippen molar-refractivity contribution in [3.05, 3.63) is 65.1 Å². The van der Waals surface area contributed by atoms with Gasteiger partial charge in [-0.25, -0.2) is 0 Å².